The van der Waals surface area contributed by atoms with E-state index in [2.05, 4.69) is 15.5 Å². The highest BCUT2D eigenvalue weighted by atomic mass is 16.3. The summed E-state index contributed by atoms with van der Waals surface area (Å²) in [7, 11) is 0. The molecule has 0 spiro atoms. The lowest BCUT2D eigenvalue weighted by Crippen LogP contribution is -2.37. The summed E-state index contributed by atoms with van der Waals surface area (Å²) in [5, 5.41) is 24.5. The number of carbonyl (C=O) groups is 1. The van der Waals surface area contributed by atoms with Crippen molar-refractivity contribution in [1.29, 1.82) is 0 Å². The number of phenolic OH excluding ortho intramolecular Hbond substituents is 1. The predicted octanol–water partition coefficient (Wildman–Crippen LogP) is 2.00. The molecule has 1 amide bonds. The third kappa shape index (κ3) is 4.23. The van der Waals surface area contributed by atoms with Gasteiger partial charge in [-0.05, 0) is 31.4 Å². The Labute approximate surface area is 166 Å². The maximum absolute atomic E-state index is 12.4. The van der Waals surface area contributed by atoms with Crippen LogP contribution in [0.1, 0.15) is 67.4 Å². The maximum atomic E-state index is 12.4. The van der Waals surface area contributed by atoms with Crippen LogP contribution < -0.4 is 16.7 Å². The lowest BCUT2D eigenvalue weighted by Gasteiger charge is -2.25. The van der Waals surface area contributed by atoms with Crippen LogP contribution in [0.4, 0.5) is 0 Å². The van der Waals surface area contributed by atoms with E-state index in [-0.39, 0.29) is 35.1 Å². The molecule has 9 nitrogen and oxygen atoms in total. The number of benzene rings is 1. The molecule has 0 unspecified atom stereocenters. The fraction of sp³-hybridized carbons (Fsp3) is 0.400. The van der Waals surface area contributed by atoms with E-state index in [0.717, 1.165) is 32.1 Å². The van der Waals surface area contributed by atoms with Gasteiger partial charge in [0, 0.05) is 6.04 Å². The van der Waals surface area contributed by atoms with Crippen molar-refractivity contribution < 1.29 is 15.0 Å². The van der Waals surface area contributed by atoms with E-state index in [9.17, 15) is 24.6 Å². The molecule has 1 heterocycles. The number of aromatic nitrogens is 2. The Kier molecular flexibility index (Phi) is 6.16. The average Bonchev–Trinajstić information content (AvgIpc) is 2.71. The van der Waals surface area contributed by atoms with E-state index in [0.29, 0.717) is 0 Å². The molecule has 3 rings (SSSR count). The Balaban J connectivity index is 1.97. The van der Waals surface area contributed by atoms with Gasteiger partial charge in [-0.2, -0.15) is 5.10 Å². The number of phenols is 1. The smallest absolute Gasteiger partial charge is 0.331 e. The molecule has 0 atom stereocenters. The van der Waals surface area contributed by atoms with E-state index >= 15 is 0 Å². The second-order valence-corrected chi connectivity index (χ2v) is 6.99. The molecule has 9 heteroatoms. The summed E-state index contributed by atoms with van der Waals surface area (Å²) in [5.41, 5.74) is 0.877. The summed E-state index contributed by atoms with van der Waals surface area (Å²) in [5.74, 6) is -1.31. The molecule has 154 valence electrons. The van der Waals surface area contributed by atoms with Crippen molar-refractivity contribution in [2.75, 3.05) is 0 Å². The molecular weight excluding hydrogens is 376 g/mol. The minimum Gasteiger partial charge on any atom is -0.507 e. The van der Waals surface area contributed by atoms with Crippen molar-refractivity contribution in [3.05, 3.63) is 56.2 Å². The first kappa shape index (κ1) is 20.4. The Bertz CT molecular complexity index is 1050. The van der Waals surface area contributed by atoms with Gasteiger partial charge in [0.25, 0.3) is 11.5 Å². The van der Waals surface area contributed by atoms with Crippen LogP contribution in [0.2, 0.25) is 0 Å². The molecule has 1 saturated carbocycles. The summed E-state index contributed by atoms with van der Waals surface area (Å²) in [6.45, 7) is 1.71. The average molecular weight is 400 g/mol. The van der Waals surface area contributed by atoms with Gasteiger partial charge in [0.15, 0.2) is 0 Å². The van der Waals surface area contributed by atoms with Crippen LogP contribution in [0.25, 0.3) is 0 Å². The van der Waals surface area contributed by atoms with Gasteiger partial charge in [-0.25, -0.2) is 10.2 Å². The zero-order valence-electron chi connectivity index (χ0n) is 16.1. The Hall–Kier alpha value is -3.36. The van der Waals surface area contributed by atoms with Crippen molar-refractivity contribution >= 4 is 11.6 Å². The van der Waals surface area contributed by atoms with E-state index in [1.165, 1.54) is 16.7 Å². The minimum atomic E-state index is -0.767. The fourth-order valence-corrected chi connectivity index (χ4v) is 3.63. The van der Waals surface area contributed by atoms with Crippen molar-refractivity contribution in [3.8, 4) is 11.6 Å². The van der Waals surface area contributed by atoms with Crippen LogP contribution in [-0.2, 0) is 0 Å². The number of carbonyl (C=O) groups excluding carboxylic acids is 1. The molecule has 1 fully saturated rings. The van der Waals surface area contributed by atoms with E-state index < -0.39 is 23.0 Å². The summed E-state index contributed by atoms with van der Waals surface area (Å²) in [4.78, 5) is 39.2. The predicted molar refractivity (Wildman–Crippen MR) is 108 cm³/mol. The maximum Gasteiger partial charge on any atom is 0.331 e. The van der Waals surface area contributed by atoms with Crippen molar-refractivity contribution in [2.24, 2.45) is 5.10 Å². The monoisotopic (exact) mass is 400 g/mol. The highest BCUT2D eigenvalue weighted by Crippen LogP contribution is 2.30. The van der Waals surface area contributed by atoms with Gasteiger partial charge in [-0.15, -0.1) is 0 Å². The molecule has 4 N–H and O–H groups in total. The molecule has 29 heavy (non-hydrogen) atoms. The Morgan fingerprint density at radius 3 is 2.55 bits per heavy atom. The van der Waals surface area contributed by atoms with Crippen LogP contribution >= 0.6 is 0 Å². The van der Waals surface area contributed by atoms with Gasteiger partial charge in [0.2, 0.25) is 5.88 Å². The van der Waals surface area contributed by atoms with Gasteiger partial charge >= 0.3 is 5.69 Å². The largest absolute Gasteiger partial charge is 0.507 e. The molecule has 0 bridgehead atoms. The molecule has 1 aromatic carbocycles. The van der Waals surface area contributed by atoms with Gasteiger partial charge in [-0.1, -0.05) is 38.3 Å². The topological polar surface area (TPSA) is 137 Å². The number of amides is 1. The molecule has 0 radical (unpaired) electrons. The summed E-state index contributed by atoms with van der Waals surface area (Å²) in [6, 6.07) is 5.78. The summed E-state index contributed by atoms with van der Waals surface area (Å²) >= 11 is 0. The number of rotatable bonds is 5. The second kappa shape index (κ2) is 8.76. The van der Waals surface area contributed by atoms with Crippen molar-refractivity contribution in [2.45, 2.75) is 51.5 Å². The number of hydrazone groups is 1. The zero-order chi connectivity index (χ0) is 21.0. The third-order valence-corrected chi connectivity index (χ3v) is 5.12. The van der Waals surface area contributed by atoms with Gasteiger partial charge < -0.3 is 10.2 Å². The lowest BCUT2D eigenvalue weighted by atomic mass is 9.95. The quantitative estimate of drug-likeness (QED) is 0.449. The van der Waals surface area contributed by atoms with Crippen LogP contribution in [-0.4, -0.2) is 31.4 Å². The molecule has 1 aliphatic carbocycles. The molecule has 0 aliphatic heterocycles. The third-order valence-electron chi connectivity index (χ3n) is 5.12. The first-order chi connectivity index (χ1) is 13.9. The zero-order valence-corrected chi connectivity index (χ0v) is 16.1. The number of nitrogens with zero attached hydrogens (tertiary/aromatic N) is 2. The highest BCUT2D eigenvalue weighted by Gasteiger charge is 2.25. The first-order valence-corrected chi connectivity index (χ1v) is 9.67. The highest BCUT2D eigenvalue weighted by molar-refractivity contribution is 6.03. The first-order valence-electron chi connectivity index (χ1n) is 9.67. The number of para-hydroxylation sites is 1. The van der Waals surface area contributed by atoms with Crippen LogP contribution in [0, 0.1) is 0 Å². The van der Waals surface area contributed by atoms with Crippen molar-refractivity contribution in [3.63, 3.8) is 0 Å². The SMILES string of the molecule is CC/C(=N\NC(=O)c1ccccc1O)c1c(O)n(C2CCCCC2)c(=O)[nH]c1=O. The summed E-state index contributed by atoms with van der Waals surface area (Å²) < 4.78 is 1.21. The fourth-order valence-electron chi connectivity index (χ4n) is 3.63. The lowest BCUT2D eigenvalue weighted by molar-refractivity contribution is 0.0952. The Morgan fingerprint density at radius 2 is 1.90 bits per heavy atom. The van der Waals surface area contributed by atoms with Crippen LogP contribution in [0.3, 0.4) is 0 Å². The van der Waals surface area contributed by atoms with Gasteiger partial charge in [-0.3, -0.25) is 19.1 Å². The Morgan fingerprint density at radius 1 is 1.21 bits per heavy atom. The molecule has 1 aliphatic rings. The number of H-pyrrole nitrogens is 1. The number of nitrogens with one attached hydrogen (secondary N) is 2. The molecule has 0 saturated heterocycles. The number of aromatic amines is 1. The van der Waals surface area contributed by atoms with Crippen LogP contribution in [0.5, 0.6) is 11.6 Å². The second-order valence-electron chi connectivity index (χ2n) is 6.99. The molecule has 1 aromatic heterocycles. The number of hydrogen-bond donors (Lipinski definition) is 4. The van der Waals surface area contributed by atoms with E-state index in [1.54, 1.807) is 19.1 Å². The van der Waals surface area contributed by atoms with Gasteiger partial charge in [0.1, 0.15) is 11.3 Å². The van der Waals surface area contributed by atoms with E-state index in [1.807, 2.05) is 0 Å². The molecular formula is C20H24N4O5. The van der Waals surface area contributed by atoms with Crippen LogP contribution in [0.15, 0.2) is 39.0 Å². The standard InChI is InChI=1S/C20H24N4O5/c1-2-14(22-23-17(26)13-10-6-7-11-15(13)25)16-18(27)21-20(29)24(19(16)28)12-8-4-3-5-9-12/h6-7,10-12,25,28H,2-5,8-9H2,1H3,(H,23,26)(H,21,27,29)/b22-14+. The summed E-state index contributed by atoms with van der Waals surface area (Å²) in [6.07, 6.45) is 4.65. The number of aromatic hydroxyl groups is 2. The minimum absolute atomic E-state index is 0.0250. The molecule has 2 aromatic rings. The van der Waals surface area contributed by atoms with Crippen molar-refractivity contribution in [1.82, 2.24) is 15.0 Å². The van der Waals surface area contributed by atoms with E-state index in [4.69, 9.17) is 0 Å². The number of hydrogen-bond acceptors (Lipinski definition) is 6. The van der Waals surface area contributed by atoms with Gasteiger partial charge in [0.05, 0.1) is 11.3 Å². The normalized spacial score (nSPS) is 15.3.